The molecular formula is C34H41N3O6. The minimum Gasteiger partial charge on any atom is -0.493 e. The molecule has 9 heteroatoms. The summed E-state index contributed by atoms with van der Waals surface area (Å²) in [7, 11) is 4.83. The first kappa shape index (κ1) is 32.8. The number of benzene rings is 3. The second kappa shape index (κ2) is 16.6. The fraction of sp³-hybridized carbons (Fsp3) is 0.353. The van der Waals surface area contributed by atoms with Gasteiger partial charge >= 0.3 is 0 Å². The number of nitrogens with zero attached hydrogens (tertiary/aromatic N) is 3. The number of rotatable bonds is 16. The van der Waals surface area contributed by atoms with Crippen LogP contribution < -0.4 is 28.4 Å². The minimum absolute atomic E-state index is 0.0429. The van der Waals surface area contributed by atoms with Crippen molar-refractivity contribution in [2.24, 2.45) is 5.11 Å². The highest BCUT2D eigenvalue weighted by atomic mass is 16.6. The molecule has 0 spiro atoms. The molecule has 0 saturated heterocycles. The van der Waals surface area contributed by atoms with Gasteiger partial charge in [0.25, 0.3) is 0 Å². The molecule has 228 valence electrons. The number of methoxy groups -OCH3 is 3. The van der Waals surface area contributed by atoms with Crippen LogP contribution in [0.1, 0.15) is 62.8 Å². The standard InChI is InChI=1S/C34H41N3O6/c1-8-23(3)42-33-29(38-5)18-27(19-30(33)39-6)16-14-25-10-12-26(13-11-25)15-17-28-20-31(40-7)34(43-24(4)9-2)32(21-28)41-22-36-37-35/h10-21,23-24H,8-9,22H2,1-7H3/b16-14+,17-15+. The molecular weight excluding hydrogens is 546 g/mol. The quantitative estimate of drug-likeness (QED) is 0.0716. The van der Waals surface area contributed by atoms with Crippen LogP contribution in [-0.4, -0.2) is 40.3 Å². The van der Waals surface area contributed by atoms with Crippen molar-refractivity contribution in [1.82, 2.24) is 0 Å². The molecule has 3 aromatic rings. The third-order valence-corrected chi connectivity index (χ3v) is 6.75. The topological polar surface area (TPSA) is 104 Å². The predicted molar refractivity (Wildman–Crippen MR) is 172 cm³/mol. The molecule has 9 nitrogen and oxygen atoms in total. The van der Waals surface area contributed by atoms with Crippen molar-refractivity contribution < 1.29 is 28.4 Å². The van der Waals surface area contributed by atoms with Gasteiger partial charge in [-0.2, -0.15) is 0 Å². The van der Waals surface area contributed by atoms with Crippen LogP contribution in [0.4, 0.5) is 0 Å². The zero-order valence-corrected chi connectivity index (χ0v) is 26.0. The molecule has 0 aliphatic rings. The van der Waals surface area contributed by atoms with Gasteiger partial charge in [0.15, 0.2) is 29.7 Å². The van der Waals surface area contributed by atoms with Crippen molar-refractivity contribution in [3.8, 4) is 34.5 Å². The summed E-state index contributed by atoms with van der Waals surface area (Å²) < 4.78 is 34.6. The molecule has 0 aliphatic carbocycles. The molecule has 0 saturated carbocycles. The molecule has 3 rings (SSSR count). The van der Waals surface area contributed by atoms with E-state index in [4.69, 9.17) is 34.0 Å². The van der Waals surface area contributed by atoms with Gasteiger partial charge in [0.2, 0.25) is 11.5 Å². The lowest BCUT2D eigenvalue weighted by molar-refractivity contribution is 0.193. The number of azide groups is 1. The van der Waals surface area contributed by atoms with E-state index in [2.05, 4.69) is 16.9 Å². The maximum atomic E-state index is 8.65. The van der Waals surface area contributed by atoms with Crippen LogP contribution >= 0.6 is 0 Å². The second-order valence-corrected chi connectivity index (χ2v) is 9.82. The Hall–Kier alpha value is -4.75. The van der Waals surface area contributed by atoms with Crippen molar-refractivity contribution in [2.75, 3.05) is 28.1 Å². The van der Waals surface area contributed by atoms with E-state index < -0.39 is 0 Å². The van der Waals surface area contributed by atoms with Crippen molar-refractivity contribution in [2.45, 2.75) is 52.7 Å². The first-order valence-electron chi connectivity index (χ1n) is 14.3. The van der Waals surface area contributed by atoms with E-state index in [9.17, 15) is 0 Å². The lowest BCUT2D eigenvalue weighted by Crippen LogP contribution is -2.12. The maximum Gasteiger partial charge on any atom is 0.203 e. The lowest BCUT2D eigenvalue weighted by Gasteiger charge is -2.19. The van der Waals surface area contributed by atoms with Gasteiger partial charge in [-0.25, -0.2) is 0 Å². The van der Waals surface area contributed by atoms with Crippen LogP contribution in [-0.2, 0) is 0 Å². The van der Waals surface area contributed by atoms with Gasteiger partial charge in [-0.05, 0) is 78.7 Å². The first-order valence-corrected chi connectivity index (χ1v) is 14.3. The first-order chi connectivity index (χ1) is 20.8. The highest BCUT2D eigenvalue weighted by molar-refractivity contribution is 5.75. The van der Waals surface area contributed by atoms with E-state index in [1.54, 1.807) is 21.3 Å². The van der Waals surface area contributed by atoms with E-state index in [1.807, 2.05) is 93.6 Å². The Bertz CT molecular complexity index is 1420. The van der Waals surface area contributed by atoms with Crippen LogP contribution in [0, 0.1) is 0 Å². The highest BCUT2D eigenvalue weighted by Crippen LogP contribution is 2.41. The molecule has 3 aromatic carbocycles. The Kier molecular flexibility index (Phi) is 12.7. The number of ether oxygens (including phenoxy) is 6. The fourth-order valence-corrected chi connectivity index (χ4v) is 3.98. The Morgan fingerprint density at radius 1 is 0.651 bits per heavy atom. The largest absolute Gasteiger partial charge is 0.493 e. The number of hydrogen-bond donors (Lipinski definition) is 0. The third-order valence-electron chi connectivity index (χ3n) is 6.75. The van der Waals surface area contributed by atoms with Crippen LogP contribution in [0.15, 0.2) is 53.6 Å². The van der Waals surface area contributed by atoms with E-state index >= 15 is 0 Å². The average molecular weight is 588 g/mol. The van der Waals surface area contributed by atoms with E-state index in [0.29, 0.717) is 34.5 Å². The molecule has 0 aromatic heterocycles. The summed E-state index contributed by atoms with van der Waals surface area (Å²) in [5, 5.41) is 3.48. The summed E-state index contributed by atoms with van der Waals surface area (Å²) in [4.78, 5) is 2.76. The summed E-state index contributed by atoms with van der Waals surface area (Å²) in [6.07, 6.45) is 9.69. The van der Waals surface area contributed by atoms with Gasteiger partial charge in [0, 0.05) is 4.91 Å². The molecule has 0 bridgehead atoms. The van der Waals surface area contributed by atoms with Gasteiger partial charge in [0.1, 0.15) is 0 Å². The van der Waals surface area contributed by atoms with Crippen LogP contribution in [0.5, 0.6) is 34.5 Å². The third kappa shape index (κ3) is 9.38. The van der Waals surface area contributed by atoms with Crippen molar-refractivity contribution >= 4 is 24.3 Å². The molecule has 0 amide bonds. The summed E-state index contributed by atoms with van der Waals surface area (Å²) in [6.45, 7) is 7.93. The smallest absolute Gasteiger partial charge is 0.203 e. The second-order valence-electron chi connectivity index (χ2n) is 9.82. The zero-order chi connectivity index (χ0) is 31.2. The fourth-order valence-electron chi connectivity index (χ4n) is 3.98. The Balaban J connectivity index is 1.80. The SMILES string of the molecule is CCC(C)Oc1c(OC)cc(/C=C/c2ccc(/C=C/c3cc(OC)c(OC(C)CC)c(OCN=[N+]=[N-])c3)cc2)cc1OC. The van der Waals surface area contributed by atoms with E-state index in [1.165, 1.54) is 0 Å². The highest BCUT2D eigenvalue weighted by Gasteiger charge is 2.17. The van der Waals surface area contributed by atoms with E-state index in [0.717, 1.165) is 35.1 Å². The average Bonchev–Trinajstić information content (AvgIpc) is 3.04. The monoisotopic (exact) mass is 587 g/mol. The predicted octanol–water partition coefficient (Wildman–Crippen LogP) is 9.05. The van der Waals surface area contributed by atoms with Crippen LogP contribution in [0.25, 0.3) is 34.7 Å². The summed E-state index contributed by atoms with van der Waals surface area (Å²) in [6, 6.07) is 15.8. The molecule has 0 fully saturated rings. The van der Waals surface area contributed by atoms with E-state index in [-0.39, 0.29) is 18.9 Å². The lowest BCUT2D eigenvalue weighted by atomic mass is 10.1. The van der Waals surface area contributed by atoms with Crippen molar-refractivity contribution in [1.29, 1.82) is 0 Å². The molecule has 2 unspecified atom stereocenters. The van der Waals surface area contributed by atoms with Gasteiger partial charge in [0.05, 0.1) is 33.5 Å². The van der Waals surface area contributed by atoms with Gasteiger partial charge in [-0.1, -0.05) is 67.5 Å². The minimum atomic E-state index is -0.159. The van der Waals surface area contributed by atoms with Gasteiger partial charge in [-0.3, -0.25) is 0 Å². The zero-order valence-electron chi connectivity index (χ0n) is 26.0. The summed E-state index contributed by atoms with van der Waals surface area (Å²) in [5.41, 5.74) is 12.5. The number of hydrogen-bond acceptors (Lipinski definition) is 7. The Morgan fingerprint density at radius 3 is 1.40 bits per heavy atom. The van der Waals surface area contributed by atoms with Crippen molar-refractivity contribution in [3.05, 3.63) is 81.2 Å². The maximum absolute atomic E-state index is 8.65. The normalized spacial score (nSPS) is 12.4. The molecule has 0 radical (unpaired) electrons. The molecule has 0 aliphatic heterocycles. The van der Waals surface area contributed by atoms with Crippen LogP contribution in [0.2, 0.25) is 0 Å². The van der Waals surface area contributed by atoms with Crippen molar-refractivity contribution in [3.63, 3.8) is 0 Å². The summed E-state index contributed by atoms with van der Waals surface area (Å²) in [5.74, 6) is 3.32. The molecule has 43 heavy (non-hydrogen) atoms. The molecule has 2 atom stereocenters. The molecule has 0 N–H and O–H groups in total. The van der Waals surface area contributed by atoms with Gasteiger partial charge < -0.3 is 28.4 Å². The molecule has 0 heterocycles. The van der Waals surface area contributed by atoms with Gasteiger partial charge in [-0.15, -0.1) is 0 Å². The van der Waals surface area contributed by atoms with Crippen LogP contribution in [0.3, 0.4) is 0 Å². The Morgan fingerprint density at radius 2 is 1.02 bits per heavy atom. The Labute approximate surface area is 254 Å². The summed E-state index contributed by atoms with van der Waals surface area (Å²) >= 11 is 0.